The minimum Gasteiger partial charge on any atom is -0.399 e. The van der Waals surface area contributed by atoms with Crippen LogP contribution in [0.15, 0.2) is 17.5 Å². The van der Waals surface area contributed by atoms with Crippen molar-refractivity contribution in [2.45, 2.75) is 12.3 Å². The van der Waals surface area contributed by atoms with E-state index >= 15 is 0 Å². The highest BCUT2D eigenvalue weighted by molar-refractivity contribution is 9.08. The maximum atomic E-state index is 5.80. The van der Waals surface area contributed by atoms with E-state index in [-0.39, 0.29) is 0 Å². The summed E-state index contributed by atoms with van der Waals surface area (Å²) in [7, 11) is 0. The lowest BCUT2D eigenvalue weighted by atomic mass is 10.1. The van der Waals surface area contributed by atoms with Gasteiger partial charge in [0.05, 0.1) is 0 Å². The van der Waals surface area contributed by atoms with Crippen LogP contribution < -0.4 is 5.73 Å². The molecule has 2 aromatic rings. The van der Waals surface area contributed by atoms with Crippen LogP contribution in [0, 0.1) is 6.92 Å². The molecule has 1 aromatic heterocycles. The zero-order valence-corrected chi connectivity index (χ0v) is 9.71. The summed E-state index contributed by atoms with van der Waals surface area (Å²) < 4.78 is 1.35. The second-order valence-electron chi connectivity index (χ2n) is 3.11. The molecule has 0 aliphatic rings. The quantitative estimate of drug-likeness (QED) is 0.611. The Labute approximate surface area is 89.7 Å². The number of benzene rings is 1. The highest BCUT2D eigenvalue weighted by Crippen LogP contribution is 2.31. The van der Waals surface area contributed by atoms with Crippen LogP contribution in [0.4, 0.5) is 5.69 Å². The summed E-state index contributed by atoms with van der Waals surface area (Å²) in [6.07, 6.45) is 0. The summed E-state index contributed by atoms with van der Waals surface area (Å²) in [6.45, 7) is 2.10. The molecule has 2 N–H and O–H groups in total. The first-order valence-corrected chi connectivity index (χ1v) is 6.04. The molecule has 0 radical (unpaired) electrons. The number of hydrogen-bond donors (Lipinski definition) is 1. The molecule has 1 heterocycles. The van der Waals surface area contributed by atoms with Crippen molar-refractivity contribution in [2.24, 2.45) is 0 Å². The number of fused-ring (bicyclic) bond motifs is 1. The first kappa shape index (κ1) is 9.03. The van der Waals surface area contributed by atoms with Crippen molar-refractivity contribution < 1.29 is 0 Å². The van der Waals surface area contributed by atoms with Gasteiger partial charge in [0.15, 0.2) is 0 Å². The minimum atomic E-state index is 0.852. The van der Waals surface area contributed by atoms with Crippen LogP contribution in [0.3, 0.4) is 0 Å². The maximum Gasteiger partial charge on any atom is 0.0376 e. The van der Waals surface area contributed by atoms with E-state index in [0.29, 0.717) is 0 Å². The van der Waals surface area contributed by atoms with Gasteiger partial charge in [-0.15, -0.1) is 11.3 Å². The number of halogens is 1. The summed E-state index contributed by atoms with van der Waals surface area (Å²) in [4.78, 5) is 0. The molecule has 0 fully saturated rings. The largest absolute Gasteiger partial charge is 0.399 e. The fourth-order valence-electron chi connectivity index (χ4n) is 1.49. The molecule has 13 heavy (non-hydrogen) atoms. The molecule has 1 aromatic carbocycles. The summed E-state index contributed by atoms with van der Waals surface area (Å²) in [6, 6.07) is 4.08. The normalized spacial score (nSPS) is 10.9. The van der Waals surface area contributed by atoms with Gasteiger partial charge in [-0.05, 0) is 40.9 Å². The van der Waals surface area contributed by atoms with E-state index in [1.165, 1.54) is 21.2 Å². The lowest BCUT2D eigenvalue weighted by Gasteiger charge is -1.99. The third-order valence-corrected chi connectivity index (χ3v) is 3.89. The fraction of sp³-hybridized carbons (Fsp3) is 0.200. The SMILES string of the molecule is Cc1cc(N)cc2c(CBr)csc12. The summed E-state index contributed by atoms with van der Waals surface area (Å²) in [5, 5.41) is 4.38. The zero-order chi connectivity index (χ0) is 9.42. The van der Waals surface area contributed by atoms with Crippen molar-refractivity contribution in [1.29, 1.82) is 0 Å². The van der Waals surface area contributed by atoms with Crippen LogP contribution in [0.5, 0.6) is 0 Å². The van der Waals surface area contributed by atoms with Crippen molar-refractivity contribution in [3.63, 3.8) is 0 Å². The summed E-state index contributed by atoms with van der Waals surface area (Å²) >= 11 is 5.26. The van der Waals surface area contributed by atoms with Gasteiger partial charge in [-0.2, -0.15) is 0 Å². The molecule has 0 saturated carbocycles. The summed E-state index contributed by atoms with van der Waals surface area (Å²) in [5.41, 5.74) is 9.25. The van der Waals surface area contributed by atoms with E-state index in [1.54, 1.807) is 11.3 Å². The Bertz CT molecular complexity index is 447. The standard InChI is InChI=1S/C10H10BrNS/c1-6-2-8(12)3-9-7(4-11)5-13-10(6)9/h2-3,5H,4,12H2,1H3. The van der Waals surface area contributed by atoms with Gasteiger partial charge in [0.2, 0.25) is 0 Å². The smallest absolute Gasteiger partial charge is 0.0376 e. The molecular formula is C10H10BrNS. The summed E-state index contributed by atoms with van der Waals surface area (Å²) in [5.74, 6) is 0. The second-order valence-corrected chi connectivity index (χ2v) is 4.55. The second kappa shape index (κ2) is 3.31. The molecule has 0 unspecified atom stereocenters. The third-order valence-electron chi connectivity index (χ3n) is 2.11. The molecule has 3 heteroatoms. The number of alkyl halides is 1. The monoisotopic (exact) mass is 255 g/mol. The highest BCUT2D eigenvalue weighted by Gasteiger charge is 2.05. The average Bonchev–Trinajstić information content (AvgIpc) is 2.47. The Morgan fingerprint density at radius 2 is 2.23 bits per heavy atom. The number of thiophene rings is 1. The first-order valence-electron chi connectivity index (χ1n) is 4.04. The molecule has 68 valence electrons. The number of anilines is 1. The molecule has 0 spiro atoms. The van der Waals surface area contributed by atoms with E-state index in [9.17, 15) is 0 Å². The van der Waals surface area contributed by atoms with E-state index in [4.69, 9.17) is 5.73 Å². The van der Waals surface area contributed by atoms with Gasteiger partial charge in [-0.25, -0.2) is 0 Å². The Morgan fingerprint density at radius 3 is 2.92 bits per heavy atom. The number of nitrogen functional groups attached to an aromatic ring is 1. The fourth-order valence-corrected chi connectivity index (χ4v) is 3.20. The van der Waals surface area contributed by atoms with Crippen molar-refractivity contribution >= 4 is 43.0 Å². The minimum absolute atomic E-state index is 0.852. The van der Waals surface area contributed by atoms with Gasteiger partial charge in [0, 0.05) is 15.7 Å². The predicted octanol–water partition coefficient (Wildman–Crippen LogP) is 3.69. The molecule has 0 aliphatic carbocycles. The van der Waals surface area contributed by atoms with Gasteiger partial charge < -0.3 is 5.73 Å². The molecule has 0 amide bonds. The molecule has 2 rings (SSSR count). The van der Waals surface area contributed by atoms with Crippen LogP contribution >= 0.6 is 27.3 Å². The van der Waals surface area contributed by atoms with Crippen molar-refractivity contribution in [2.75, 3.05) is 5.73 Å². The van der Waals surface area contributed by atoms with E-state index < -0.39 is 0 Å². The Hall–Kier alpha value is -0.540. The third kappa shape index (κ3) is 1.46. The molecule has 0 saturated heterocycles. The zero-order valence-electron chi connectivity index (χ0n) is 7.30. The number of hydrogen-bond acceptors (Lipinski definition) is 2. The van der Waals surface area contributed by atoms with Gasteiger partial charge >= 0.3 is 0 Å². The van der Waals surface area contributed by atoms with Crippen LogP contribution in [0.2, 0.25) is 0 Å². The van der Waals surface area contributed by atoms with Crippen LogP contribution in [-0.2, 0) is 5.33 Å². The Balaban J connectivity index is 2.82. The van der Waals surface area contributed by atoms with E-state index in [0.717, 1.165) is 11.0 Å². The van der Waals surface area contributed by atoms with E-state index in [2.05, 4.69) is 34.3 Å². The topological polar surface area (TPSA) is 26.0 Å². The number of aryl methyl sites for hydroxylation is 1. The van der Waals surface area contributed by atoms with E-state index in [1.807, 2.05) is 6.07 Å². The number of nitrogens with two attached hydrogens (primary N) is 1. The van der Waals surface area contributed by atoms with Crippen LogP contribution in [0.25, 0.3) is 10.1 Å². The van der Waals surface area contributed by atoms with Crippen LogP contribution in [-0.4, -0.2) is 0 Å². The maximum absolute atomic E-state index is 5.80. The van der Waals surface area contributed by atoms with Gasteiger partial charge in [0.1, 0.15) is 0 Å². The molecule has 0 bridgehead atoms. The average molecular weight is 256 g/mol. The van der Waals surface area contributed by atoms with Crippen molar-refractivity contribution in [1.82, 2.24) is 0 Å². The first-order chi connectivity index (χ1) is 6.22. The molecule has 0 aliphatic heterocycles. The number of rotatable bonds is 1. The Kier molecular flexibility index (Phi) is 2.30. The molecule has 1 nitrogen and oxygen atoms in total. The van der Waals surface area contributed by atoms with Crippen molar-refractivity contribution in [3.05, 3.63) is 28.6 Å². The molecular weight excluding hydrogens is 246 g/mol. The van der Waals surface area contributed by atoms with Crippen molar-refractivity contribution in [3.8, 4) is 0 Å². The Morgan fingerprint density at radius 1 is 1.46 bits per heavy atom. The van der Waals surface area contributed by atoms with Gasteiger partial charge in [-0.1, -0.05) is 15.9 Å². The highest BCUT2D eigenvalue weighted by atomic mass is 79.9. The molecule has 0 atom stereocenters. The van der Waals surface area contributed by atoms with Gasteiger partial charge in [-0.3, -0.25) is 0 Å². The lowest BCUT2D eigenvalue weighted by Crippen LogP contribution is -1.86. The van der Waals surface area contributed by atoms with Crippen LogP contribution in [0.1, 0.15) is 11.1 Å². The lowest BCUT2D eigenvalue weighted by molar-refractivity contribution is 1.52. The van der Waals surface area contributed by atoms with Gasteiger partial charge in [0.25, 0.3) is 0 Å². The predicted molar refractivity (Wildman–Crippen MR) is 63.6 cm³/mol.